The van der Waals surface area contributed by atoms with Gasteiger partial charge in [0.05, 0.1) is 0 Å². The van der Waals surface area contributed by atoms with E-state index in [0.29, 0.717) is 12.1 Å². The molecule has 0 spiro atoms. The van der Waals surface area contributed by atoms with Gasteiger partial charge in [0.1, 0.15) is 0 Å². The third kappa shape index (κ3) is 4.04. The predicted molar refractivity (Wildman–Crippen MR) is 70.9 cm³/mol. The third-order valence-corrected chi connectivity index (χ3v) is 3.85. The minimum absolute atomic E-state index is 0.664. The fourth-order valence-corrected chi connectivity index (χ4v) is 2.54. The standard InChI is InChI=1S/C13H29N3/c1-6-16(11(2)3)8-7-14-13-9-12(4)15(5)10-13/h11-14H,6-10H2,1-5H3. The quantitative estimate of drug-likeness (QED) is 0.740. The van der Waals surface area contributed by atoms with E-state index < -0.39 is 0 Å². The molecule has 2 unspecified atom stereocenters. The van der Waals surface area contributed by atoms with E-state index in [1.807, 2.05) is 0 Å². The Morgan fingerprint density at radius 2 is 2.12 bits per heavy atom. The first-order valence-electron chi connectivity index (χ1n) is 6.72. The van der Waals surface area contributed by atoms with Crippen molar-refractivity contribution in [2.24, 2.45) is 0 Å². The van der Waals surface area contributed by atoms with E-state index in [9.17, 15) is 0 Å². The molecule has 0 aliphatic carbocycles. The lowest BCUT2D eigenvalue weighted by molar-refractivity contribution is 0.230. The van der Waals surface area contributed by atoms with Gasteiger partial charge in [-0.05, 0) is 40.8 Å². The van der Waals surface area contributed by atoms with Crippen molar-refractivity contribution in [1.29, 1.82) is 0 Å². The summed E-state index contributed by atoms with van der Waals surface area (Å²) in [5, 5.41) is 3.68. The Labute approximate surface area is 101 Å². The molecule has 2 atom stereocenters. The summed E-state index contributed by atoms with van der Waals surface area (Å²) in [7, 11) is 2.22. The number of likely N-dealkylation sites (N-methyl/N-ethyl adjacent to an activating group) is 2. The first-order valence-corrected chi connectivity index (χ1v) is 6.72. The maximum atomic E-state index is 3.68. The largest absolute Gasteiger partial charge is 0.311 e. The molecule has 0 aromatic heterocycles. The number of hydrogen-bond donors (Lipinski definition) is 1. The molecule has 0 aromatic rings. The van der Waals surface area contributed by atoms with E-state index in [1.54, 1.807) is 0 Å². The average molecular weight is 227 g/mol. The normalized spacial score (nSPS) is 27.2. The molecule has 0 aromatic carbocycles. The lowest BCUT2D eigenvalue weighted by Gasteiger charge is -2.25. The molecule has 1 aliphatic rings. The molecule has 1 fully saturated rings. The van der Waals surface area contributed by atoms with Crippen molar-refractivity contribution in [2.45, 2.75) is 52.2 Å². The molecule has 1 aliphatic heterocycles. The number of nitrogens with zero attached hydrogens (tertiary/aromatic N) is 2. The Balaban J connectivity index is 2.16. The van der Waals surface area contributed by atoms with Crippen molar-refractivity contribution >= 4 is 0 Å². The minimum Gasteiger partial charge on any atom is -0.311 e. The molecular weight excluding hydrogens is 198 g/mol. The molecule has 1 saturated heterocycles. The van der Waals surface area contributed by atoms with Crippen LogP contribution in [0.5, 0.6) is 0 Å². The van der Waals surface area contributed by atoms with Crippen LogP contribution in [0, 0.1) is 0 Å². The summed E-state index contributed by atoms with van der Waals surface area (Å²) in [4.78, 5) is 4.95. The van der Waals surface area contributed by atoms with Crippen LogP contribution < -0.4 is 5.32 Å². The van der Waals surface area contributed by atoms with Gasteiger partial charge in [-0.15, -0.1) is 0 Å². The van der Waals surface area contributed by atoms with Gasteiger partial charge in [0.15, 0.2) is 0 Å². The van der Waals surface area contributed by atoms with Crippen LogP contribution in [0.2, 0.25) is 0 Å². The zero-order valence-electron chi connectivity index (χ0n) is 11.7. The van der Waals surface area contributed by atoms with Crippen LogP contribution in [-0.2, 0) is 0 Å². The molecule has 0 radical (unpaired) electrons. The molecule has 3 heteroatoms. The highest BCUT2D eigenvalue weighted by molar-refractivity contribution is 4.85. The number of likely N-dealkylation sites (tertiary alicyclic amines) is 1. The van der Waals surface area contributed by atoms with Crippen molar-refractivity contribution in [3.63, 3.8) is 0 Å². The summed E-state index contributed by atoms with van der Waals surface area (Å²) < 4.78 is 0. The van der Waals surface area contributed by atoms with Crippen LogP contribution in [-0.4, -0.2) is 61.2 Å². The smallest absolute Gasteiger partial charge is 0.0210 e. The van der Waals surface area contributed by atoms with Crippen molar-refractivity contribution < 1.29 is 0 Å². The van der Waals surface area contributed by atoms with Crippen LogP contribution in [0.4, 0.5) is 0 Å². The van der Waals surface area contributed by atoms with Gasteiger partial charge >= 0.3 is 0 Å². The summed E-state index contributed by atoms with van der Waals surface area (Å²) in [6.45, 7) is 13.7. The zero-order valence-corrected chi connectivity index (χ0v) is 11.7. The SMILES string of the molecule is CCN(CCNC1CC(C)N(C)C1)C(C)C. The Hall–Kier alpha value is -0.120. The molecule has 1 rings (SSSR count). The highest BCUT2D eigenvalue weighted by Crippen LogP contribution is 2.14. The van der Waals surface area contributed by atoms with Gasteiger partial charge in [0, 0.05) is 37.8 Å². The molecule has 96 valence electrons. The van der Waals surface area contributed by atoms with Crippen LogP contribution in [0.3, 0.4) is 0 Å². The van der Waals surface area contributed by atoms with Crippen molar-refractivity contribution in [1.82, 2.24) is 15.1 Å². The Bertz CT molecular complexity index is 184. The van der Waals surface area contributed by atoms with Gasteiger partial charge in [-0.2, -0.15) is 0 Å². The Morgan fingerprint density at radius 3 is 2.56 bits per heavy atom. The first kappa shape index (κ1) is 13.9. The van der Waals surface area contributed by atoms with Gasteiger partial charge in [0.25, 0.3) is 0 Å². The van der Waals surface area contributed by atoms with Gasteiger partial charge in [-0.25, -0.2) is 0 Å². The van der Waals surface area contributed by atoms with Crippen molar-refractivity contribution in [3.05, 3.63) is 0 Å². The Morgan fingerprint density at radius 1 is 1.44 bits per heavy atom. The fourth-order valence-electron chi connectivity index (χ4n) is 2.54. The van der Waals surface area contributed by atoms with Gasteiger partial charge < -0.3 is 10.2 Å². The summed E-state index contributed by atoms with van der Waals surface area (Å²) in [6, 6.07) is 2.10. The zero-order chi connectivity index (χ0) is 12.1. The van der Waals surface area contributed by atoms with E-state index in [4.69, 9.17) is 0 Å². The average Bonchev–Trinajstić information content (AvgIpc) is 2.53. The monoisotopic (exact) mass is 227 g/mol. The fraction of sp³-hybridized carbons (Fsp3) is 1.00. The highest BCUT2D eigenvalue weighted by Gasteiger charge is 2.25. The number of rotatable bonds is 6. The van der Waals surface area contributed by atoms with Crippen LogP contribution in [0.25, 0.3) is 0 Å². The van der Waals surface area contributed by atoms with E-state index in [1.165, 1.54) is 19.5 Å². The summed E-state index contributed by atoms with van der Waals surface area (Å²) in [5.41, 5.74) is 0. The Kier molecular flexibility index (Phi) is 5.73. The predicted octanol–water partition coefficient (Wildman–Crippen LogP) is 1.40. The lowest BCUT2D eigenvalue weighted by atomic mass is 10.2. The molecule has 1 N–H and O–H groups in total. The van der Waals surface area contributed by atoms with E-state index in [0.717, 1.165) is 19.1 Å². The molecule has 3 nitrogen and oxygen atoms in total. The lowest BCUT2D eigenvalue weighted by Crippen LogP contribution is -2.40. The maximum Gasteiger partial charge on any atom is 0.0210 e. The molecule has 0 amide bonds. The van der Waals surface area contributed by atoms with E-state index in [2.05, 4.69) is 49.9 Å². The molecule has 0 saturated carbocycles. The maximum absolute atomic E-state index is 3.68. The highest BCUT2D eigenvalue weighted by atomic mass is 15.2. The van der Waals surface area contributed by atoms with E-state index in [-0.39, 0.29) is 0 Å². The summed E-state index contributed by atoms with van der Waals surface area (Å²) >= 11 is 0. The second kappa shape index (κ2) is 6.58. The van der Waals surface area contributed by atoms with E-state index >= 15 is 0 Å². The molecule has 0 bridgehead atoms. The third-order valence-electron chi connectivity index (χ3n) is 3.85. The van der Waals surface area contributed by atoms with Gasteiger partial charge in [-0.3, -0.25) is 4.90 Å². The second-order valence-electron chi connectivity index (χ2n) is 5.40. The summed E-state index contributed by atoms with van der Waals surface area (Å²) in [6.07, 6.45) is 1.30. The summed E-state index contributed by atoms with van der Waals surface area (Å²) in [5.74, 6) is 0. The topological polar surface area (TPSA) is 18.5 Å². The molecule has 16 heavy (non-hydrogen) atoms. The van der Waals surface area contributed by atoms with Crippen LogP contribution in [0.1, 0.15) is 34.1 Å². The minimum atomic E-state index is 0.664. The van der Waals surface area contributed by atoms with Crippen LogP contribution in [0.15, 0.2) is 0 Å². The number of nitrogens with one attached hydrogen (secondary N) is 1. The molecular formula is C13H29N3. The number of hydrogen-bond acceptors (Lipinski definition) is 3. The van der Waals surface area contributed by atoms with Gasteiger partial charge in [0.2, 0.25) is 0 Å². The molecule has 1 heterocycles. The van der Waals surface area contributed by atoms with Crippen molar-refractivity contribution in [2.75, 3.05) is 33.2 Å². The first-order chi connectivity index (χ1) is 7.54. The van der Waals surface area contributed by atoms with Crippen molar-refractivity contribution in [3.8, 4) is 0 Å². The van der Waals surface area contributed by atoms with Gasteiger partial charge in [-0.1, -0.05) is 6.92 Å². The second-order valence-corrected chi connectivity index (χ2v) is 5.40. The van der Waals surface area contributed by atoms with Crippen LogP contribution >= 0.6 is 0 Å².